The number of phenols is 2. The van der Waals surface area contributed by atoms with Gasteiger partial charge in [0, 0.05) is 37.6 Å². The molecule has 0 fully saturated rings. The van der Waals surface area contributed by atoms with Crippen molar-refractivity contribution in [2.75, 3.05) is 13.1 Å². The summed E-state index contributed by atoms with van der Waals surface area (Å²) >= 11 is 0. The van der Waals surface area contributed by atoms with Crippen LogP contribution in [0.4, 0.5) is 0 Å². The number of aliphatic hydroxyl groups is 2. The number of hydrogen-bond acceptors (Lipinski definition) is 14. The molecule has 0 aliphatic rings. The highest BCUT2D eigenvalue weighted by atomic mass is 16.4. The predicted molar refractivity (Wildman–Crippen MR) is 241 cm³/mol. The van der Waals surface area contributed by atoms with Gasteiger partial charge in [0.15, 0.2) is 0 Å². The Balaban J connectivity index is 1.57. The number of aliphatic hydroxyl groups excluding tert-OH is 2. The Kier molecular flexibility index (Phi) is 19.9. The second-order valence-corrected chi connectivity index (χ2v) is 15.8. The maximum absolute atomic E-state index is 14.2. The number of aromatic amines is 1. The smallest absolute Gasteiger partial charge is 0.322 e. The number of phenolic OH excluding ortho intramolecular Hbond substituents is 2. The van der Waals surface area contributed by atoms with Crippen LogP contribution in [0.15, 0.2) is 91.4 Å². The zero-order valence-electron chi connectivity index (χ0n) is 37.0. The number of rotatable bonds is 25. The highest BCUT2D eigenvalue weighted by Gasteiger charge is 2.36. The van der Waals surface area contributed by atoms with Crippen LogP contribution in [0.1, 0.15) is 36.2 Å². The molecule has 1 aromatic heterocycles. The van der Waals surface area contributed by atoms with E-state index in [1.54, 1.807) is 30.3 Å². The van der Waals surface area contributed by atoms with E-state index < -0.39 is 109 Å². The largest absolute Gasteiger partial charge is 0.508 e. The monoisotopic (exact) mass is 944 g/mol. The van der Waals surface area contributed by atoms with E-state index in [4.69, 9.17) is 10.8 Å². The summed E-state index contributed by atoms with van der Waals surface area (Å²) < 4.78 is 0. The average Bonchev–Trinajstić information content (AvgIpc) is 3.82. The van der Waals surface area contributed by atoms with E-state index in [2.05, 4.69) is 47.2 Å². The Bertz CT molecular complexity index is 2330. The molecule has 0 spiro atoms. The second kappa shape index (κ2) is 25.7. The number of nitrogens with one attached hydrogen (secondary N) is 8. The zero-order valence-corrected chi connectivity index (χ0v) is 37.0. The third-order valence-electron chi connectivity index (χ3n) is 10.3. The minimum absolute atomic E-state index is 0.0464. The van der Waals surface area contributed by atoms with Crippen molar-refractivity contribution in [3.8, 4) is 11.5 Å². The fourth-order valence-corrected chi connectivity index (χ4v) is 6.69. The number of nitrogens with two attached hydrogens (primary N) is 1. The first-order valence-corrected chi connectivity index (χ1v) is 21.3. The summed E-state index contributed by atoms with van der Waals surface area (Å²) in [4.78, 5) is 113. The first-order valence-electron chi connectivity index (χ1n) is 21.3. The third kappa shape index (κ3) is 16.8. The van der Waals surface area contributed by atoms with Crippen molar-refractivity contribution < 1.29 is 63.9 Å². The summed E-state index contributed by atoms with van der Waals surface area (Å²) in [6, 6.07) is 10.5. The van der Waals surface area contributed by atoms with Crippen LogP contribution in [0.2, 0.25) is 0 Å². The van der Waals surface area contributed by atoms with Gasteiger partial charge in [0.2, 0.25) is 41.4 Å². The molecular weight excluding hydrogens is 889 g/mol. The van der Waals surface area contributed by atoms with Crippen molar-refractivity contribution in [2.45, 2.75) is 88.0 Å². The molecular formula is C45H56N10O13. The zero-order chi connectivity index (χ0) is 49.9. The minimum Gasteiger partial charge on any atom is -0.508 e. The fraction of sp³-hybridized carbons (Fsp3) is 0.356. The minimum atomic E-state index is -1.79. The number of amides is 7. The van der Waals surface area contributed by atoms with Crippen LogP contribution in [-0.2, 0) is 64.0 Å². The summed E-state index contributed by atoms with van der Waals surface area (Å²) in [7, 11) is 0. The maximum Gasteiger partial charge on any atom is 0.322 e. The molecule has 8 atom stereocenters. The molecule has 0 saturated carbocycles. The van der Waals surface area contributed by atoms with Gasteiger partial charge in [0.1, 0.15) is 54.3 Å². The number of hydrogen-bond donors (Lipinski definition) is 14. The quantitative estimate of drug-likeness (QED) is 0.0313. The number of aromatic nitrogens is 2. The average molecular weight is 945 g/mol. The summed E-state index contributed by atoms with van der Waals surface area (Å²) in [6.07, 6.45) is -1.29. The van der Waals surface area contributed by atoms with E-state index in [1.807, 2.05) is 0 Å². The van der Waals surface area contributed by atoms with Crippen LogP contribution in [0.5, 0.6) is 11.5 Å². The number of aliphatic carboxylic acids is 1. The molecule has 0 radical (unpaired) electrons. The number of carboxylic acid groups (broad SMARTS) is 1. The molecule has 4 rings (SSSR count). The van der Waals surface area contributed by atoms with Crippen LogP contribution in [0.25, 0.3) is 0 Å². The van der Waals surface area contributed by atoms with Crippen LogP contribution < -0.4 is 43.0 Å². The fourth-order valence-electron chi connectivity index (χ4n) is 6.69. The first kappa shape index (κ1) is 52.7. The number of carbonyl (C=O) groups excluding carboxylic acids is 7. The summed E-state index contributed by atoms with van der Waals surface area (Å²) in [5.41, 5.74) is 7.31. The molecule has 15 N–H and O–H groups in total. The standard InChI is InChI=1S/C45H56N10O13/c1-24(56)38(54-42(65)33(50-36(60)20-46)18-28-10-14-31(59)15-11-28)44(67)52-34(16-26-6-4-3-5-7-26)43(66)55-39(25(2)57)45(68)53-35(19-29-21-47-23-49-29)41(64)51-32(40(63)48-22-37(61)62)17-27-8-12-30(58)13-9-27/h3-15,21,23-25,32-35,38-39,56-59H,16-20,22,46H2,1-2H3,(H,47,49)(H,48,63)(H,50,60)(H,51,64)(H,52,67)(H,53,68)(H,54,65)(H,55,66)(H,61,62)/t24-,25-,32+,33+,34+,35+,38+,39+/m1/s1. The lowest BCUT2D eigenvalue weighted by Gasteiger charge is -2.29. The number of carbonyl (C=O) groups is 8. The van der Waals surface area contributed by atoms with Gasteiger partial charge in [-0.2, -0.15) is 0 Å². The Morgan fingerprint density at radius 2 is 0.971 bits per heavy atom. The molecule has 0 unspecified atom stereocenters. The van der Waals surface area contributed by atoms with Crippen LogP contribution in [0.3, 0.4) is 0 Å². The van der Waals surface area contributed by atoms with Gasteiger partial charge in [0.25, 0.3) is 0 Å². The Morgan fingerprint density at radius 1 is 0.559 bits per heavy atom. The van der Waals surface area contributed by atoms with Crippen LogP contribution in [0, 0.1) is 0 Å². The highest BCUT2D eigenvalue weighted by Crippen LogP contribution is 2.14. The summed E-state index contributed by atoms with van der Waals surface area (Å²) in [6.45, 7) is 1.13. The summed E-state index contributed by atoms with van der Waals surface area (Å²) in [5, 5.41) is 67.2. The number of benzene rings is 3. The lowest BCUT2D eigenvalue weighted by molar-refractivity contribution is -0.139. The van der Waals surface area contributed by atoms with Crippen LogP contribution in [-0.4, -0.2) is 144 Å². The number of imidazole rings is 1. The Labute approximate surface area is 389 Å². The number of aromatic hydroxyl groups is 2. The molecule has 23 heteroatoms. The molecule has 4 aromatic rings. The van der Waals surface area contributed by atoms with E-state index in [0.29, 0.717) is 22.4 Å². The number of H-pyrrole nitrogens is 1. The lowest BCUT2D eigenvalue weighted by Crippen LogP contribution is -2.63. The molecule has 23 nitrogen and oxygen atoms in total. The third-order valence-corrected chi connectivity index (χ3v) is 10.3. The van der Waals surface area contributed by atoms with Crippen molar-refractivity contribution in [2.24, 2.45) is 5.73 Å². The van der Waals surface area contributed by atoms with Crippen molar-refractivity contribution in [3.63, 3.8) is 0 Å². The van der Waals surface area contributed by atoms with Crippen molar-refractivity contribution in [3.05, 3.63) is 114 Å². The number of carboxylic acids is 1. The topological polar surface area (TPSA) is 377 Å². The van der Waals surface area contributed by atoms with E-state index in [1.165, 1.54) is 74.9 Å². The van der Waals surface area contributed by atoms with Crippen molar-refractivity contribution >= 4 is 47.3 Å². The van der Waals surface area contributed by atoms with Gasteiger partial charge in [-0.3, -0.25) is 38.4 Å². The SMILES string of the molecule is C[C@@H](O)[C@H](NC(=O)[C@H](Cc1ccccc1)NC(=O)[C@@H](NC(=O)[C@H](Cc1ccc(O)cc1)NC(=O)CN)[C@@H](C)O)C(=O)N[C@@H](Cc1cnc[nH]1)C(=O)N[C@@H](Cc1ccc(O)cc1)C(=O)NCC(=O)O. The van der Waals surface area contributed by atoms with Gasteiger partial charge < -0.3 is 73.5 Å². The highest BCUT2D eigenvalue weighted by molar-refractivity contribution is 5.98. The molecule has 1 heterocycles. The normalized spacial score (nSPS) is 14.5. The molecule has 0 bridgehead atoms. The summed E-state index contributed by atoms with van der Waals surface area (Å²) in [5.74, 6) is -8.07. The van der Waals surface area contributed by atoms with E-state index in [-0.39, 0.29) is 37.2 Å². The molecule has 68 heavy (non-hydrogen) atoms. The van der Waals surface area contributed by atoms with E-state index >= 15 is 0 Å². The lowest BCUT2D eigenvalue weighted by atomic mass is 10.0. The molecule has 0 aliphatic heterocycles. The van der Waals surface area contributed by atoms with Gasteiger partial charge in [-0.25, -0.2) is 4.98 Å². The van der Waals surface area contributed by atoms with Crippen molar-refractivity contribution in [1.29, 1.82) is 0 Å². The Morgan fingerprint density at radius 3 is 1.40 bits per heavy atom. The van der Waals surface area contributed by atoms with Crippen molar-refractivity contribution in [1.82, 2.24) is 47.2 Å². The molecule has 0 saturated heterocycles. The molecule has 7 amide bonds. The molecule has 3 aromatic carbocycles. The second-order valence-electron chi connectivity index (χ2n) is 15.8. The first-order chi connectivity index (χ1) is 32.3. The van der Waals surface area contributed by atoms with E-state index in [9.17, 15) is 58.8 Å². The molecule has 364 valence electrons. The van der Waals surface area contributed by atoms with Gasteiger partial charge in [-0.15, -0.1) is 0 Å². The Hall–Kier alpha value is -7.89. The van der Waals surface area contributed by atoms with Gasteiger partial charge in [-0.05, 0) is 54.8 Å². The van der Waals surface area contributed by atoms with Gasteiger partial charge >= 0.3 is 5.97 Å². The van der Waals surface area contributed by atoms with E-state index in [0.717, 1.165) is 0 Å². The predicted octanol–water partition coefficient (Wildman–Crippen LogP) is -3.08. The number of nitrogens with zero attached hydrogens (tertiary/aromatic N) is 1. The van der Waals surface area contributed by atoms with Gasteiger partial charge in [-0.1, -0.05) is 54.6 Å². The maximum atomic E-state index is 14.2. The van der Waals surface area contributed by atoms with Crippen LogP contribution >= 0.6 is 0 Å². The molecule has 0 aliphatic carbocycles. The van der Waals surface area contributed by atoms with Gasteiger partial charge in [0.05, 0.1) is 25.1 Å².